The van der Waals surface area contributed by atoms with Crippen molar-refractivity contribution in [1.29, 1.82) is 5.26 Å². The number of hydrogen-bond donors (Lipinski definition) is 1. The second-order valence-corrected chi connectivity index (χ2v) is 5.63. The fraction of sp³-hybridized carbons (Fsp3) is 0.375. The van der Waals surface area contributed by atoms with Gasteiger partial charge in [0.2, 0.25) is 0 Å². The van der Waals surface area contributed by atoms with Crippen LogP contribution in [0.5, 0.6) is 0 Å². The number of rotatable bonds is 4. The Morgan fingerprint density at radius 2 is 2.36 bits per heavy atom. The maximum Gasteiger partial charge on any atom is 0.178 e. The molecule has 14 heavy (non-hydrogen) atoms. The smallest absolute Gasteiger partial charge is 0.178 e. The zero-order chi connectivity index (χ0) is 10.6. The molecule has 1 aromatic rings. The summed E-state index contributed by atoms with van der Waals surface area (Å²) in [7, 11) is 0. The number of ether oxygens (including phenoxy) is 1. The Hall–Kier alpha value is 0.0700. The van der Waals surface area contributed by atoms with Gasteiger partial charge in [0.1, 0.15) is 6.07 Å². The second-order valence-electron chi connectivity index (χ2n) is 2.37. The van der Waals surface area contributed by atoms with E-state index in [4.69, 9.17) is 15.1 Å². The van der Waals surface area contributed by atoms with Gasteiger partial charge in [-0.2, -0.15) is 5.26 Å². The molecule has 0 amide bonds. The second kappa shape index (κ2) is 5.83. The lowest BCUT2D eigenvalue weighted by atomic mass is 10.3. The molecule has 0 bridgehead atoms. The predicted molar refractivity (Wildman–Crippen MR) is 61.1 cm³/mol. The Bertz CT molecular complexity index is 328. The van der Waals surface area contributed by atoms with Crippen LogP contribution in [0.25, 0.3) is 0 Å². The number of nitriles is 1. The standard InChI is InChI=1S/C8H7Br2NO2S/c9-5-3-7(14-8(5)10)6(4-11)13-2-1-12/h3,6,12H,1-2H2. The summed E-state index contributed by atoms with van der Waals surface area (Å²) in [5.41, 5.74) is 0. The number of halogens is 2. The molecule has 0 spiro atoms. The highest BCUT2D eigenvalue weighted by atomic mass is 79.9. The Labute approximate surface area is 103 Å². The quantitative estimate of drug-likeness (QED) is 0.916. The maximum absolute atomic E-state index is 8.83. The summed E-state index contributed by atoms with van der Waals surface area (Å²) in [4.78, 5) is 0.819. The summed E-state index contributed by atoms with van der Waals surface area (Å²) in [6.45, 7) is 0.0945. The monoisotopic (exact) mass is 339 g/mol. The first-order valence-corrected chi connectivity index (χ1v) is 6.16. The van der Waals surface area contributed by atoms with E-state index < -0.39 is 6.10 Å². The molecule has 6 heteroatoms. The van der Waals surface area contributed by atoms with E-state index in [-0.39, 0.29) is 13.2 Å². The summed E-state index contributed by atoms with van der Waals surface area (Å²) >= 11 is 8.11. The Morgan fingerprint density at radius 1 is 1.64 bits per heavy atom. The van der Waals surface area contributed by atoms with Crippen LogP contribution >= 0.6 is 43.2 Å². The van der Waals surface area contributed by atoms with Crippen LogP contribution in [0.1, 0.15) is 11.0 Å². The average Bonchev–Trinajstić information content (AvgIpc) is 2.48. The average molecular weight is 341 g/mol. The highest BCUT2D eigenvalue weighted by molar-refractivity contribution is 9.13. The van der Waals surface area contributed by atoms with Gasteiger partial charge < -0.3 is 9.84 Å². The minimum Gasteiger partial charge on any atom is -0.394 e. The Kier molecular flexibility index (Phi) is 5.06. The van der Waals surface area contributed by atoms with E-state index in [1.54, 1.807) is 0 Å². The fourth-order valence-corrected chi connectivity index (χ4v) is 2.93. The zero-order valence-electron chi connectivity index (χ0n) is 7.04. The van der Waals surface area contributed by atoms with E-state index in [0.717, 1.165) is 13.1 Å². The van der Waals surface area contributed by atoms with Crippen LogP contribution in [0.3, 0.4) is 0 Å². The predicted octanol–water partition coefficient (Wildman–Crippen LogP) is 2.85. The van der Waals surface area contributed by atoms with Gasteiger partial charge in [-0.15, -0.1) is 11.3 Å². The van der Waals surface area contributed by atoms with E-state index in [2.05, 4.69) is 31.9 Å². The van der Waals surface area contributed by atoms with E-state index >= 15 is 0 Å². The van der Waals surface area contributed by atoms with Gasteiger partial charge >= 0.3 is 0 Å². The van der Waals surface area contributed by atoms with Crippen LogP contribution in [0.15, 0.2) is 14.3 Å². The molecule has 1 rings (SSSR count). The van der Waals surface area contributed by atoms with Gasteiger partial charge in [0.15, 0.2) is 6.10 Å². The molecule has 0 saturated carbocycles. The van der Waals surface area contributed by atoms with Gasteiger partial charge in [-0.05, 0) is 37.9 Å². The molecule has 3 nitrogen and oxygen atoms in total. The minimum atomic E-state index is -0.602. The third-order valence-corrected chi connectivity index (χ3v) is 4.72. The Balaban J connectivity index is 2.75. The molecule has 0 saturated heterocycles. The molecule has 1 unspecified atom stereocenters. The zero-order valence-corrected chi connectivity index (χ0v) is 11.0. The molecule has 76 valence electrons. The van der Waals surface area contributed by atoms with Crippen molar-refractivity contribution in [3.05, 3.63) is 19.2 Å². The first-order chi connectivity index (χ1) is 6.69. The third-order valence-electron chi connectivity index (χ3n) is 1.42. The van der Waals surface area contributed by atoms with Gasteiger partial charge in [0, 0.05) is 9.35 Å². The lowest BCUT2D eigenvalue weighted by Gasteiger charge is -2.06. The SMILES string of the molecule is N#CC(OCCO)c1cc(Br)c(Br)s1. The van der Waals surface area contributed by atoms with Gasteiger partial charge in [0.25, 0.3) is 0 Å². The Morgan fingerprint density at radius 3 is 2.79 bits per heavy atom. The van der Waals surface area contributed by atoms with Gasteiger partial charge in [-0.3, -0.25) is 0 Å². The van der Waals surface area contributed by atoms with Gasteiger partial charge in [0.05, 0.1) is 17.0 Å². The number of aliphatic hydroxyl groups is 1. The van der Waals surface area contributed by atoms with Gasteiger partial charge in [-0.25, -0.2) is 0 Å². The largest absolute Gasteiger partial charge is 0.394 e. The highest BCUT2D eigenvalue weighted by Crippen LogP contribution is 2.36. The van der Waals surface area contributed by atoms with E-state index in [1.165, 1.54) is 11.3 Å². The van der Waals surface area contributed by atoms with E-state index in [0.29, 0.717) is 0 Å². The molecule has 1 N–H and O–H groups in total. The van der Waals surface area contributed by atoms with Crippen LogP contribution in [-0.2, 0) is 4.74 Å². The fourth-order valence-electron chi connectivity index (χ4n) is 0.846. The van der Waals surface area contributed by atoms with Crippen molar-refractivity contribution < 1.29 is 9.84 Å². The van der Waals surface area contributed by atoms with Crippen molar-refractivity contribution in [2.45, 2.75) is 6.10 Å². The first-order valence-electron chi connectivity index (χ1n) is 3.76. The molecular formula is C8H7Br2NO2S. The summed E-state index contributed by atoms with van der Waals surface area (Å²) < 4.78 is 6.99. The molecule has 1 heterocycles. The van der Waals surface area contributed by atoms with Crippen LogP contribution in [0.2, 0.25) is 0 Å². The lowest BCUT2D eigenvalue weighted by Crippen LogP contribution is -2.04. The van der Waals surface area contributed by atoms with Crippen molar-refractivity contribution in [2.24, 2.45) is 0 Å². The van der Waals surface area contributed by atoms with Crippen LogP contribution < -0.4 is 0 Å². The molecule has 0 radical (unpaired) electrons. The van der Waals surface area contributed by atoms with Crippen LogP contribution in [-0.4, -0.2) is 18.3 Å². The van der Waals surface area contributed by atoms with Crippen molar-refractivity contribution in [3.8, 4) is 6.07 Å². The van der Waals surface area contributed by atoms with Crippen molar-refractivity contribution in [1.82, 2.24) is 0 Å². The topological polar surface area (TPSA) is 53.2 Å². The normalized spacial score (nSPS) is 12.4. The first kappa shape index (κ1) is 12.1. The summed E-state index contributed by atoms with van der Waals surface area (Å²) in [5.74, 6) is 0. The number of hydrogen-bond acceptors (Lipinski definition) is 4. The van der Waals surface area contributed by atoms with E-state index in [1.807, 2.05) is 12.1 Å². The summed E-state index contributed by atoms with van der Waals surface area (Å²) in [6.07, 6.45) is -0.602. The molecule has 0 aliphatic heterocycles. The highest BCUT2D eigenvalue weighted by Gasteiger charge is 2.15. The van der Waals surface area contributed by atoms with Crippen molar-refractivity contribution in [3.63, 3.8) is 0 Å². The molecule has 1 aromatic heterocycles. The number of nitrogens with zero attached hydrogens (tertiary/aromatic N) is 1. The molecular weight excluding hydrogens is 334 g/mol. The number of thiophene rings is 1. The molecule has 0 aliphatic carbocycles. The van der Waals surface area contributed by atoms with Crippen molar-refractivity contribution in [2.75, 3.05) is 13.2 Å². The maximum atomic E-state index is 8.83. The summed E-state index contributed by atoms with van der Waals surface area (Å²) in [6, 6.07) is 3.86. The molecule has 0 fully saturated rings. The van der Waals surface area contributed by atoms with Crippen LogP contribution in [0.4, 0.5) is 0 Å². The molecule has 0 aromatic carbocycles. The lowest BCUT2D eigenvalue weighted by molar-refractivity contribution is 0.0598. The van der Waals surface area contributed by atoms with Crippen molar-refractivity contribution >= 4 is 43.2 Å². The molecule has 0 aliphatic rings. The van der Waals surface area contributed by atoms with Gasteiger partial charge in [-0.1, -0.05) is 0 Å². The third kappa shape index (κ3) is 3.04. The van der Waals surface area contributed by atoms with E-state index in [9.17, 15) is 0 Å². The molecule has 1 atom stereocenters. The number of aliphatic hydroxyl groups excluding tert-OH is 1. The summed E-state index contributed by atoms with van der Waals surface area (Å²) in [5, 5.41) is 17.4. The minimum absolute atomic E-state index is 0.0775. The van der Waals surface area contributed by atoms with Crippen LogP contribution in [0, 0.1) is 11.3 Å².